The number of ether oxygens (including phenoxy) is 1. The standard InChI is InChI=1S/C16H23FN2O2/c1-10(2)19-16(15(18)20,12-5-6-12)9-21-14-8-13(17)7-4-11(14)3/h4,7-8,10,12,19H,5-6,9H2,1-3H3,(H2,18,20). The second-order valence-corrected chi connectivity index (χ2v) is 6.11. The molecule has 1 unspecified atom stereocenters. The molecule has 4 nitrogen and oxygen atoms in total. The van der Waals surface area contributed by atoms with Crippen LogP contribution in [0.4, 0.5) is 4.39 Å². The summed E-state index contributed by atoms with van der Waals surface area (Å²) in [5.74, 6) is -0.130. The molecule has 0 heterocycles. The van der Waals surface area contributed by atoms with Gasteiger partial charge in [-0.2, -0.15) is 0 Å². The van der Waals surface area contributed by atoms with Crippen LogP contribution in [0.2, 0.25) is 0 Å². The third-order valence-corrected chi connectivity index (χ3v) is 3.87. The van der Waals surface area contributed by atoms with E-state index in [1.165, 1.54) is 12.1 Å². The lowest BCUT2D eigenvalue weighted by Gasteiger charge is -2.34. The van der Waals surface area contributed by atoms with Crippen LogP contribution in [0.5, 0.6) is 5.75 Å². The Balaban J connectivity index is 2.19. The van der Waals surface area contributed by atoms with Gasteiger partial charge in [-0.3, -0.25) is 10.1 Å². The minimum atomic E-state index is -0.882. The molecule has 1 fully saturated rings. The van der Waals surface area contributed by atoms with Gasteiger partial charge in [0.05, 0.1) is 0 Å². The van der Waals surface area contributed by atoms with Gasteiger partial charge in [0.15, 0.2) is 0 Å². The number of primary amides is 1. The highest BCUT2D eigenvalue weighted by Crippen LogP contribution is 2.40. The molecule has 116 valence electrons. The Labute approximate surface area is 124 Å². The molecule has 0 spiro atoms. The van der Waals surface area contributed by atoms with Crippen LogP contribution in [0.1, 0.15) is 32.3 Å². The summed E-state index contributed by atoms with van der Waals surface area (Å²) in [6.45, 7) is 5.89. The summed E-state index contributed by atoms with van der Waals surface area (Å²) in [4.78, 5) is 12.0. The Kier molecular flexibility index (Phi) is 4.52. The van der Waals surface area contributed by atoms with E-state index < -0.39 is 11.4 Å². The van der Waals surface area contributed by atoms with E-state index >= 15 is 0 Å². The third-order valence-electron chi connectivity index (χ3n) is 3.87. The van der Waals surface area contributed by atoms with Crippen LogP contribution < -0.4 is 15.8 Å². The molecule has 1 saturated carbocycles. The number of carbonyl (C=O) groups is 1. The maximum Gasteiger partial charge on any atom is 0.241 e. The van der Waals surface area contributed by atoms with Gasteiger partial charge in [0.2, 0.25) is 5.91 Å². The third kappa shape index (κ3) is 3.53. The fraction of sp³-hybridized carbons (Fsp3) is 0.562. The van der Waals surface area contributed by atoms with Crippen LogP contribution >= 0.6 is 0 Å². The second-order valence-electron chi connectivity index (χ2n) is 6.11. The monoisotopic (exact) mass is 294 g/mol. The molecule has 21 heavy (non-hydrogen) atoms. The van der Waals surface area contributed by atoms with Crippen LogP contribution in [0.25, 0.3) is 0 Å². The number of hydrogen-bond acceptors (Lipinski definition) is 3. The summed E-state index contributed by atoms with van der Waals surface area (Å²) in [5, 5.41) is 3.27. The van der Waals surface area contributed by atoms with E-state index in [1.807, 2.05) is 20.8 Å². The Morgan fingerprint density at radius 1 is 1.52 bits per heavy atom. The lowest BCUT2D eigenvalue weighted by molar-refractivity contribution is -0.127. The molecule has 0 radical (unpaired) electrons. The van der Waals surface area contributed by atoms with Crippen molar-refractivity contribution in [2.24, 2.45) is 11.7 Å². The highest BCUT2D eigenvalue weighted by Gasteiger charge is 2.51. The normalized spacial score (nSPS) is 17.6. The number of benzene rings is 1. The van der Waals surface area contributed by atoms with Crippen molar-refractivity contribution in [2.75, 3.05) is 6.61 Å². The molecule has 3 N–H and O–H groups in total. The van der Waals surface area contributed by atoms with Crippen molar-refractivity contribution >= 4 is 5.91 Å². The van der Waals surface area contributed by atoms with Crippen LogP contribution in [0.15, 0.2) is 18.2 Å². The minimum Gasteiger partial charge on any atom is -0.491 e. The summed E-state index contributed by atoms with van der Waals surface area (Å²) in [6.07, 6.45) is 1.91. The number of nitrogens with two attached hydrogens (primary N) is 1. The molecule has 1 aliphatic carbocycles. The maximum absolute atomic E-state index is 13.3. The zero-order chi connectivity index (χ0) is 15.6. The van der Waals surface area contributed by atoms with Gasteiger partial charge in [-0.25, -0.2) is 4.39 Å². The smallest absolute Gasteiger partial charge is 0.241 e. The molecule has 2 rings (SSSR count). The molecule has 1 aliphatic rings. The molecular formula is C16H23FN2O2. The molecule has 1 aromatic carbocycles. The molecule has 1 amide bonds. The number of aryl methyl sites for hydroxylation is 1. The first-order valence-electron chi connectivity index (χ1n) is 7.31. The van der Waals surface area contributed by atoms with Crippen molar-refractivity contribution in [3.63, 3.8) is 0 Å². The maximum atomic E-state index is 13.3. The highest BCUT2D eigenvalue weighted by atomic mass is 19.1. The van der Waals surface area contributed by atoms with Gasteiger partial charge >= 0.3 is 0 Å². The van der Waals surface area contributed by atoms with Gasteiger partial charge < -0.3 is 10.5 Å². The first-order chi connectivity index (χ1) is 9.85. The van der Waals surface area contributed by atoms with Crippen molar-refractivity contribution in [1.82, 2.24) is 5.32 Å². The average molecular weight is 294 g/mol. The van der Waals surface area contributed by atoms with E-state index in [0.717, 1.165) is 18.4 Å². The molecule has 1 aromatic rings. The predicted octanol–water partition coefficient (Wildman–Crippen LogP) is 2.15. The number of hydrogen-bond donors (Lipinski definition) is 2. The van der Waals surface area contributed by atoms with E-state index in [-0.39, 0.29) is 24.4 Å². The Bertz CT molecular complexity index is 529. The van der Waals surface area contributed by atoms with Crippen LogP contribution in [-0.4, -0.2) is 24.1 Å². The van der Waals surface area contributed by atoms with Crippen molar-refractivity contribution in [3.05, 3.63) is 29.6 Å². The van der Waals surface area contributed by atoms with Crippen LogP contribution in [-0.2, 0) is 4.79 Å². The molecule has 5 heteroatoms. The number of halogens is 1. The quantitative estimate of drug-likeness (QED) is 0.810. The van der Waals surface area contributed by atoms with E-state index in [4.69, 9.17) is 10.5 Å². The van der Waals surface area contributed by atoms with Gasteiger partial charge in [-0.05, 0) is 51.2 Å². The zero-order valence-corrected chi connectivity index (χ0v) is 12.8. The van der Waals surface area contributed by atoms with Crippen LogP contribution in [0.3, 0.4) is 0 Å². The van der Waals surface area contributed by atoms with Gasteiger partial charge in [-0.1, -0.05) is 6.07 Å². The van der Waals surface area contributed by atoms with Crippen molar-refractivity contribution in [2.45, 2.75) is 45.2 Å². The average Bonchev–Trinajstić information content (AvgIpc) is 3.22. The lowest BCUT2D eigenvalue weighted by Crippen LogP contribution is -2.62. The van der Waals surface area contributed by atoms with Crippen molar-refractivity contribution in [3.8, 4) is 5.75 Å². The fourth-order valence-electron chi connectivity index (χ4n) is 2.63. The number of carbonyl (C=O) groups excluding carboxylic acids is 1. The van der Waals surface area contributed by atoms with E-state index in [2.05, 4.69) is 5.32 Å². The predicted molar refractivity (Wildman–Crippen MR) is 79.6 cm³/mol. The van der Waals surface area contributed by atoms with E-state index in [0.29, 0.717) is 5.75 Å². The molecule has 1 atom stereocenters. The minimum absolute atomic E-state index is 0.107. The Morgan fingerprint density at radius 2 is 2.19 bits per heavy atom. The molecular weight excluding hydrogens is 271 g/mol. The van der Waals surface area contributed by atoms with Crippen molar-refractivity contribution < 1.29 is 13.9 Å². The highest BCUT2D eigenvalue weighted by molar-refractivity contribution is 5.86. The zero-order valence-electron chi connectivity index (χ0n) is 12.8. The van der Waals surface area contributed by atoms with Gasteiger partial charge in [0, 0.05) is 12.1 Å². The summed E-state index contributed by atoms with van der Waals surface area (Å²) < 4.78 is 19.1. The molecule has 0 bridgehead atoms. The number of nitrogens with one attached hydrogen (secondary N) is 1. The summed E-state index contributed by atoms with van der Waals surface area (Å²) in [7, 11) is 0. The van der Waals surface area contributed by atoms with Crippen LogP contribution in [0, 0.1) is 18.7 Å². The SMILES string of the molecule is Cc1ccc(F)cc1OCC(NC(C)C)(C(N)=O)C1CC1. The lowest BCUT2D eigenvalue weighted by atomic mass is 9.92. The fourth-order valence-corrected chi connectivity index (χ4v) is 2.63. The first-order valence-corrected chi connectivity index (χ1v) is 7.31. The Morgan fingerprint density at radius 3 is 2.71 bits per heavy atom. The number of rotatable bonds is 7. The summed E-state index contributed by atoms with van der Waals surface area (Å²) in [5.41, 5.74) is 5.58. The van der Waals surface area contributed by atoms with Gasteiger partial charge in [-0.15, -0.1) is 0 Å². The van der Waals surface area contributed by atoms with Gasteiger partial charge in [0.25, 0.3) is 0 Å². The largest absolute Gasteiger partial charge is 0.491 e. The number of amides is 1. The van der Waals surface area contributed by atoms with Gasteiger partial charge in [0.1, 0.15) is 23.7 Å². The summed E-state index contributed by atoms with van der Waals surface area (Å²) in [6, 6.07) is 4.49. The Hall–Kier alpha value is -1.62. The molecule has 0 aliphatic heterocycles. The summed E-state index contributed by atoms with van der Waals surface area (Å²) >= 11 is 0. The van der Waals surface area contributed by atoms with E-state index in [9.17, 15) is 9.18 Å². The topological polar surface area (TPSA) is 64.3 Å². The van der Waals surface area contributed by atoms with Crippen molar-refractivity contribution in [1.29, 1.82) is 0 Å². The molecule has 0 saturated heterocycles. The molecule has 0 aromatic heterocycles. The van der Waals surface area contributed by atoms with E-state index in [1.54, 1.807) is 6.07 Å². The second kappa shape index (κ2) is 6.02. The first kappa shape index (κ1) is 15.8.